The number of fused-ring (bicyclic) bond motifs is 2. The number of aromatic amines is 1. The Kier molecular flexibility index (Phi) is 3.24. The SMILES string of the molecule is O=C(O)c1cccc2nc(-c3c[nH]c4c(F)c(F)c(F)cc34)ccc12. The third kappa shape index (κ3) is 2.24. The minimum absolute atomic E-state index is 0.106. The van der Waals surface area contributed by atoms with E-state index in [-0.39, 0.29) is 16.5 Å². The molecule has 0 unspecified atom stereocenters. The second-order valence-corrected chi connectivity index (χ2v) is 5.49. The van der Waals surface area contributed by atoms with Crippen LogP contribution in [0.25, 0.3) is 33.1 Å². The second-order valence-electron chi connectivity index (χ2n) is 5.49. The number of nitrogens with one attached hydrogen (secondary N) is 1. The van der Waals surface area contributed by atoms with Crippen LogP contribution in [0.1, 0.15) is 10.4 Å². The smallest absolute Gasteiger partial charge is 0.336 e. The van der Waals surface area contributed by atoms with E-state index in [9.17, 15) is 23.1 Å². The maximum absolute atomic E-state index is 13.9. The van der Waals surface area contributed by atoms with Crippen LogP contribution in [0.2, 0.25) is 0 Å². The molecule has 4 aromatic rings. The highest BCUT2D eigenvalue weighted by atomic mass is 19.2. The van der Waals surface area contributed by atoms with Gasteiger partial charge in [0.25, 0.3) is 0 Å². The highest BCUT2D eigenvalue weighted by molar-refractivity contribution is 6.03. The lowest BCUT2D eigenvalue weighted by molar-refractivity contribution is 0.0699. The third-order valence-electron chi connectivity index (χ3n) is 4.05. The topological polar surface area (TPSA) is 66.0 Å². The molecule has 0 fully saturated rings. The number of nitrogens with zero attached hydrogens (tertiary/aromatic N) is 1. The van der Waals surface area contributed by atoms with E-state index in [0.29, 0.717) is 22.2 Å². The zero-order valence-electron chi connectivity index (χ0n) is 12.5. The zero-order valence-corrected chi connectivity index (χ0v) is 12.5. The first-order valence-corrected chi connectivity index (χ1v) is 7.25. The molecule has 2 heterocycles. The molecule has 25 heavy (non-hydrogen) atoms. The number of carboxylic acid groups (broad SMARTS) is 1. The molecule has 0 atom stereocenters. The minimum Gasteiger partial charge on any atom is -0.478 e. The number of carbonyl (C=O) groups is 1. The molecule has 2 aromatic carbocycles. The van der Waals surface area contributed by atoms with Crippen LogP contribution in [-0.2, 0) is 0 Å². The Balaban J connectivity index is 1.96. The number of rotatable bonds is 2. The fourth-order valence-corrected chi connectivity index (χ4v) is 2.87. The molecular weight excluding hydrogens is 333 g/mol. The quantitative estimate of drug-likeness (QED) is 0.527. The van der Waals surface area contributed by atoms with E-state index in [0.717, 1.165) is 6.07 Å². The highest BCUT2D eigenvalue weighted by Gasteiger charge is 2.18. The van der Waals surface area contributed by atoms with Gasteiger partial charge in [-0.3, -0.25) is 0 Å². The monoisotopic (exact) mass is 342 g/mol. The number of hydrogen-bond donors (Lipinski definition) is 2. The van der Waals surface area contributed by atoms with E-state index >= 15 is 0 Å². The van der Waals surface area contributed by atoms with Crippen molar-refractivity contribution in [2.45, 2.75) is 0 Å². The summed E-state index contributed by atoms with van der Waals surface area (Å²) in [7, 11) is 0. The first kappa shape index (κ1) is 15.2. The summed E-state index contributed by atoms with van der Waals surface area (Å²) >= 11 is 0. The van der Waals surface area contributed by atoms with E-state index in [1.165, 1.54) is 12.3 Å². The van der Waals surface area contributed by atoms with Crippen molar-refractivity contribution in [1.82, 2.24) is 9.97 Å². The Morgan fingerprint density at radius 1 is 1.04 bits per heavy atom. The molecule has 4 nitrogen and oxygen atoms in total. The Morgan fingerprint density at radius 2 is 1.84 bits per heavy atom. The van der Waals surface area contributed by atoms with Crippen LogP contribution in [0.3, 0.4) is 0 Å². The van der Waals surface area contributed by atoms with Crippen molar-refractivity contribution in [3.63, 3.8) is 0 Å². The van der Waals surface area contributed by atoms with Crippen LogP contribution < -0.4 is 0 Å². The Bertz CT molecular complexity index is 1170. The standard InChI is InChI=1S/C18H9F3N2O2/c19-12-6-10-11(7-22-17(10)16(21)15(12)20)14-5-4-8-9(18(24)25)2-1-3-13(8)23-14/h1-7,22H,(H,24,25). The molecule has 2 aromatic heterocycles. The van der Waals surface area contributed by atoms with E-state index in [2.05, 4.69) is 9.97 Å². The molecule has 0 radical (unpaired) electrons. The van der Waals surface area contributed by atoms with Crippen LogP contribution in [0.5, 0.6) is 0 Å². The van der Waals surface area contributed by atoms with Crippen LogP contribution >= 0.6 is 0 Å². The fraction of sp³-hybridized carbons (Fsp3) is 0. The van der Waals surface area contributed by atoms with Crippen molar-refractivity contribution >= 4 is 27.8 Å². The number of pyridine rings is 1. The molecule has 0 amide bonds. The molecule has 0 bridgehead atoms. The van der Waals surface area contributed by atoms with Gasteiger partial charge in [-0.15, -0.1) is 0 Å². The minimum atomic E-state index is -1.54. The van der Waals surface area contributed by atoms with Crippen molar-refractivity contribution < 1.29 is 23.1 Å². The molecule has 0 aliphatic heterocycles. The lowest BCUT2D eigenvalue weighted by Crippen LogP contribution is -1.98. The van der Waals surface area contributed by atoms with Crippen LogP contribution in [-0.4, -0.2) is 21.0 Å². The van der Waals surface area contributed by atoms with Gasteiger partial charge in [0, 0.05) is 22.5 Å². The largest absolute Gasteiger partial charge is 0.478 e. The lowest BCUT2D eigenvalue weighted by atomic mass is 10.1. The van der Waals surface area contributed by atoms with Gasteiger partial charge in [0.05, 0.1) is 22.3 Å². The predicted octanol–water partition coefficient (Wildman–Crippen LogP) is 4.50. The van der Waals surface area contributed by atoms with Crippen LogP contribution in [0.15, 0.2) is 42.6 Å². The number of hydrogen-bond acceptors (Lipinski definition) is 2. The maximum Gasteiger partial charge on any atom is 0.336 e. The first-order valence-electron chi connectivity index (χ1n) is 7.25. The molecule has 0 spiro atoms. The molecule has 7 heteroatoms. The van der Waals surface area contributed by atoms with Gasteiger partial charge >= 0.3 is 5.97 Å². The molecular formula is C18H9F3N2O2. The van der Waals surface area contributed by atoms with Crippen molar-refractivity contribution in [1.29, 1.82) is 0 Å². The highest BCUT2D eigenvalue weighted by Crippen LogP contribution is 2.32. The summed E-state index contributed by atoms with van der Waals surface area (Å²) in [6.45, 7) is 0. The second kappa shape index (κ2) is 5.34. The van der Waals surface area contributed by atoms with E-state index in [1.54, 1.807) is 24.3 Å². The summed E-state index contributed by atoms with van der Waals surface area (Å²) in [6, 6.07) is 8.70. The summed E-state index contributed by atoms with van der Waals surface area (Å²) in [5.74, 6) is -5.21. The average molecular weight is 342 g/mol. The summed E-state index contributed by atoms with van der Waals surface area (Å²) in [6.07, 6.45) is 1.40. The molecule has 0 aliphatic rings. The van der Waals surface area contributed by atoms with E-state index < -0.39 is 23.4 Å². The van der Waals surface area contributed by atoms with E-state index in [4.69, 9.17) is 0 Å². The molecule has 0 saturated heterocycles. The van der Waals surface area contributed by atoms with Crippen molar-refractivity contribution in [3.8, 4) is 11.3 Å². The van der Waals surface area contributed by atoms with Gasteiger partial charge in [0.15, 0.2) is 17.5 Å². The van der Waals surface area contributed by atoms with E-state index in [1.807, 2.05) is 0 Å². The van der Waals surface area contributed by atoms with Crippen molar-refractivity contribution in [3.05, 3.63) is 65.6 Å². The number of benzene rings is 2. The van der Waals surface area contributed by atoms with Crippen molar-refractivity contribution in [2.75, 3.05) is 0 Å². The summed E-state index contributed by atoms with van der Waals surface area (Å²) in [5, 5.41) is 9.81. The number of halogens is 3. The Labute approximate surface area is 138 Å². The predicted molar refractivity (Wildman–Crippen MR) is 85.9 cm³/mol. The van der Waals surface area contributed by atoms with Gasteiger partial charge in [0.1, 0.15) is 0 Å². The summed E-state index contributed by atoms with van der Waals surface area (Å²) < 4.78 is 40.8. The number of H-pyrrole nitrogens is 1. The van der Waals surface area contributed by atoms with Crippen molar-refractivity contribution in [2.24, 2.45) is 0 Å². The van der Waals surface area contributed by atoms with Crippen LogP contribution in [0, 0.1) is 17.5 Å². The van der Waals surface area contributed by atoms with Crippen LogP contribution in [0.4, 0.5) is 13.2 Å². The van der Waals surface area contributed by atoms with Gasteiger partial charge in [-0.2, -0.15) is 0 Å². The molecule has 4 rings (SSSR count). The molecule has 0 saturated carbocycles. The normalized spacial score (nSPS) is 11.3. The summed E-state index contributed by atoms with van der Waals surface area (Å²) in [5.41, 5.74) is 1.14. The van der Waals surface area contributed by atoms with Gasteiger partial charge < -0.3 is 10.1 Å². The van der Waals surface area contributed by atoms with Gasteiger partial charge in [0.2, 0.25) is 0 Å². The third-order valence-corrected chi connectivity index (χ3v) is 4.05. The fourth-order valence-electron chi connectivity index (χ4n) is 2.87. The lowest BCUT2D eigenvalue weighted by Gasteiger charge is -2.05. The zero-order chi connectivity index (χ0) is 17.7. The first-order chi connectivity index (χ1) is 12.0. The van der Waals surface area contributed by atoms with Gasteiger partial charge in [-0.05, 0) is 30.3 Å². The molecule has 2 N–H and O–H groups in total. The Morgan fingerprint density at radius 3 is 2.60 bits per heavy atom. The van der Waals surface area contributed by atoms with Gasteiger partial charge in [-0.1, -0.05) is 6.07 Å². The maximum atomic E-state index is 13.9. The van der Waals surface area contributed by atoms with Gasteiger partial charge in [-0.25, -0.2) is 22.9 Å². The summed E-state index contributed by atoms with van der Waals surface area (Å²) in [4.78, 5) is 18.2. The average Bonchev–Trinajstić information content (AvgIpc) is 3.02. The number of aromatic carboxylic acids is 1. The number of carboxylic acids is 1. The molecule has 0 aliphatic carbocycles. The molecule has 124 valence electrons. The number of aromatic nitrogens is 2. The Hall–Kier alpha value is -3.35.